The van der Waals surface area contributed by atoms with Crippen LogP contribution < -0.4 is 4.74 Å². The lowest BCUT2D eigenvalue weighted by molar-refractivity contribution is 0.0994. The Labute approximate surface area is 161 Å². The van der Waals surface area contributed by atoms with Crippen molar-refractivity contribution in [1.82, 2.24) is 14.8 Å². The van der Waals surface area contributed by atoms with Crippen LogP contribution in [0.4, 0.5) is 0 Å². The van der Waals surface area contributed by atoms with E-state index >= 15 is 0 Å². The number of thioether (sulfide) groups is 1. The summed E-state index contributed by atoms with van der Waals surface area (Å²) in [6.07, 6.45) is 0. The van der Waals surface area contributed by atoms with E-state index in [2.05, 4.69) is 10.2 Å². The molecule has 0 N–H and O–H groups in total. The lowest BCUT2D eigenvalue weighted by atomic mass is 10.1. The summed E-state index contributed by atoms with van der Waals surface area (Å²) in [5.41, 5.74) is 1.57. The van der Waals surface area contributed by atoms with Crippen molar-refractivity contribution in [2.75, 3.05) is 7.11 Å². The molecule has 0 amide bonds. The molecule has 5 nitrogen and oxygen atoms in total. The minimum atomic E-state index is -0.288. The van der Waals surface area contributed by atoms with Gasteiger partial charge in [0.05, 0.1) is 12.4 Å². The van der Waals surface area contributed by atoms with Crippen LogP contribution in [0, 0.1) is 0 Å². The Bertz CT molecular complexity index is 908. The largest absolute Gasteiger partial charge is 0.497 e. The lowest BCUT2D eigenvalue weighted by Gasteiger charge is -2.10. The number of carbonyl (C=O) groups excluding carboxylic acids is 1. The third-order valence-corrected chi connectivity index (χ3v) is 5.35. The van der Waals surface area contributed by atoms with Crippen LogP contribution in [-0.4, -0.2) is 32.9 Å². The number of hydrogen-bond acceptors (Lipinski definition) is 5. The summed E-state index contributed by atoms with van der Waals surface area (Å²) >= 11 is 7.32. The molecule has 3 rings (SSSR count). The van der Waals surface area contributed by atoms with E-state index in [4.69, 9.17) is 16.3 Å². The predicted molar refractivity (Wildman–Crippen MR) is 104 cm³/mol. The normalized spacial score (nSPS) is 12.0. The third-order valence-electron chi connectivity index (χ3n) is 3.96. The van der Waals surface area contributed by atoms with Crippen molar-refractivity contribution in [2.24, 2.45) is 7.05 Å². The standard InChI is InChI=1S/C19H18ClN3O2S/c1-12(17(24)13-6-10-16(25-3)11-7-13)26-19-22-21-18(23(19)2)14-4-8-15(20)9-5-14/h4-12H,1-3H3/t12-/m1/s1. The van der Waals surface area contributed by atoms with Crippen molar-refractivity contribution in [1.29, 1.82) is 0 Å². The maximum atomic E-state index is 12.6. The van der Waals surface area contributed by atoms with Gasteiger partial charge in [0, 0.05) is 23.2 Å². The van der Waals surface area contributed by atoms with E-state index < -0.39 is 0 Å². The average Bonchev–Trinajstić information content (AvgIpc) is 3.02. The van der Waals surface area contributed by atoms with E-state index in [9.17, 15) is 4.79 Å². The van der Waals surface area contributed by atoms with Gasteiger partial charge in [0.2, 0.25) is 0 Å². The highest BCUT2D eigenvalue weighted by atomic mass is 35.5. The summed E-state index contributed by atoms with van der Waals surface area (Å²) in [5.74, 6) is 1.49. The van der Waals surface area contributed by atoms with E-state index in [1.165, 1.54) is 11.8 Å². The van der Waals surface area contributed by atoms with Crippen LogP contribution in [0.15, 0.2) is 53.7 Å². The van der Waals surface area contributed by atoms with Crippen LogP contribution in [0.2, 0.25) is 5.02 Å². The van der Waals surface area contributed by atoms with Crippen LogP contribution in [0.1, 0.15) is 17.3 Å². The molecule has 0 unspecified atom stereocenters. The number of halogens is 1. The lowest BCUT2D eigenvalue weighted by Crippen LogP contribution is -2.14. The van der Waals surface area contributed by atoms with Crippen molar-refractivity contribution in [2.45, 2.75) is 17.3 Å². The van der Waals surface area contributed by atoms with Gasteiger partial charge in [-0.15, -0.1) is 10.2 Å². The van der Waals surface area contributed by atoms with Crippen LogP contribution in [0.3, 0.4) is 0 Å². The quantitative estimate of drug-likeness (QED) is 0.460. The molecule has 1 aromatic heterocycles. The summed E-state index contributed by atoms with van der Waals surface area (Å²) in [7, 11) is 3.48. The highest BCUT2D eigenvalue weighted by Crippen LogP contribution is 2.28. The van der Waals surface area contributed by atoms with Crippen molar-refractivity contribution < 1.29 is 9.53 Å². The van der Waals surface area contributed by atoms with Crippen LogP contribution in [-0.2, 0) is 7.05 Å². The topological polar surface area (TPSA) is 57.0 Å². The van der Waals surface area contributed by atoms with Crippen LogP contribution >= 0.6 is 23.4 Å². The van der Waals surface area contributed by atoms with Crippen LogP contribution in [0.25, 0.3) is 11.4 Å². The minimum Gasteiger partial charge on any atom is -0.497 e. The second-order valence-corrected chi connectivity index (χ2v) is 7.47. The molecule has 0 saturated heterocycles. The Morgan fingerprint density at radius 1 is 1.12 bits per heavy atom. The van der Waals surface area contributed by atoms with Crippen LogP contribution in [0.5, 0.6) is 5.75 Å². The van der Waals surface area contributed by atoms with Gasteiger partial charge in [-0.1, -0.05) is 23.4 Å². The van der Waals surface area contributed by atoms with Gasteiger partial charge in [-0.2, -0.15) is 0 Å². The molecule has 0 fully saturated rings. The number of nitrogens with zero attached hydrogens (tertiary/aromatic N) is 3. The monoisotopic (exact) mass is 387 g/mol. The van der Waals surface area contributed by atoms with Crippen molar-refractivity contribution in [3.05, 3.63) is 59.1 Å². The van der Waals surface area contributed by atoms with Gasteiger partial charge in [0.1, 0.15) is 5.75 Å². The SMILES string of the molecule is COc1ccc(C(=O)[C@@H](C)Sc2nnc(-c3ccc(Cl)cc3)n2C)cc1. The van der Waals surface area contributed by atoms with E-state index in [-0.39, 0.29) is 11.0 Å². The van der Waals surface area contributed by atoms with Crippen molar-refractivity contribution in [3.63, 3.8) is 0 Å². The molecule has 26 heavy (non-hydrogen) atoms. The number of ketones is 1. The fraction of sp³-hybridized carbons (Fsp3) is 0.211. The Kier molecular flexibility index (Phi) is 5.64. The smallest absolute Gasteiger partial charge is 0.191 e. The molecule has 2 aromatic carbocycles. The second-order valence-electron chi connectivity index (χ2n) is 5.72. The molecule has 0 spiro atoms. The third kappa shape index (κ3) is 3.92. The number of rotatable bonds is 6. The zero-order valence-corrected chi connectivity index (χ0v) is 16.2. The summed E-state index contributed by atoms with van der Waals surface area (Å²) in [4.78, 5) is 12.6. The van der Waals surface area contributed by atoms with Gasteiger partial charge >= 0.3 is 0 Å². The highest BCUT2D eigenvalue weighted by Gasteiger charge is 2.20. The van der Waals surface area contributed by atoms with Crippen molar-refractivity contribution in [3.8, 4) is 17.1 Å². The zero-order chi connectivity index (χ0) is 18.7. The molecule has 0 radical (unpaired) electrons. The molecular weight excluding hydrogens is 370 g/mol. The van der Waals surface area contributed by atoms with Gasteiger partial charge in [0.15, 0.2) is 16.8 Å². The highest BCUT2D eigenvalue weighted by molar-refractivity contribution is 8.00. The summed E-state index contributed by atoms with van der Waals surface area (Å²) in [6, 6.07) is 14.5. The van der Waals surface area contributed by atoms with Gasteiger partial charge in [0.25, 0.3) is 0 Å². The number of hydrogen-bond donors (Lipinski definition) is 0. The van der Waals surface area contributed by atoms with Gasteiger partial charge in [-0.05, 0) is 55.5 Å². The molecule has 0 saturated carbocycles. The molecule has 0 bridgehead atoms. The van der Waals surface area contributed by atoms with E-state index in [0.717, 1.165) is 17.1 Å². The van der Waals surface area contributed by atoms with E-state index in [1.54, 1.807) is 31.4 Å². The molecular formula is C19H18ClN3O2S. The van der Waals surface area contributed by atoms with E-state index in [0.29, 0.717) is 15.7 Å². The summed E-state index contributed by atoms with van der Waals surface area (Å²) in [5, 5.41) is 9.54. The Morgan fingerprint density at radius 2 is 1.77 bits per heavy atom. The predicted octanol–water partition coefficient (Wildman–Crippen LogP) is 4.51. The summed E-state index contributed by atoms with van der Waals surface area (Å²) < 4.78 is 7.01. The molecule has 134 valence electrons. The zero-order valence-electron chi connectivity index (χ0n) is 14.6. The Hall–Kier alpha value is -2.31. The number of benzene rings is 2. The number of Topliss-reactive ketones (excluding diaryl/α,β-unsaturated/α-hetero) is 1. The Balaban J connectivity index is 1.75. The fourth-order valence-corrected chi connectivity index (χ4v) is 3.49. The first-order chi connectivity index (χ1) is 12.5. The number of carbonyl (C=O) groups is 1. The average molecular weight is 388 g/mol. The molecule has 3 aromatic rings. The molecule has 7 heteroatoms. The first-order valence-corrected chi connectivity index (χ1v) is 9.25. The first kappa shape index (κ1) is 18.5. The van der Waals surface area contributed by atoms with Crippen molar-refractivity contribution >= 4 is 29.1 Å². The number of ether oxygens (including phenoxy) is 1. The summed E-state index contributed by atoms with van der Waals surface area (Å²) in [6.45, 7) is 1.87. The maximum Gasteiger partial charge on any atom is 0.191 e. The second kappa shape index (κ2) is 7.93. The molecule has 0 aliphatic heterocycles. The molecule has 0 aliphatic carbocycles. The number of aromatic nitrogens is 3. The number of methoxy groups -OCH3 is 1. The van der Waals surface area contributed by atoms with Gasteiger partial charge < -0.3 is 9.30 Å². The van der Waals surface area contributed by atoms with Gasteiger partial charge in [-0.3, -0.25) is 4.79 Å². The minimum absolute atomic E-state index is 0.0358. The van der Waals surface area contributed by atoms with E-state index in [1.807, 2.05) is 42.8 Å². The fourth-order valence-electron chi connectivity index (χ4n) is 2.47. The molecule has 1 heterocycles. The Morgan fingerprint density at radius 3 is 2.38 bits per heavy atom. The first-order valence-electron chi connectivity index (χ1n) is 8.00. The maximum absolute atomic E-state index is 12.6. The molecule has 1 atom stereocenters. The molecule has 0 aliphatic rings. The van der Waals surface area contributed by atoms with Gasteiger partial charge in [-0.25, -0.2) is 0 Å².